The highest BCUT2D eigenvalue weighted by molar-refractivity contribution is 5.90. The summed E-state index contributed by atoms with van der Waals surface area (Å²) in [6.45, 7) is 4.58. The molecule has 2 N–H and O–H groups in total. The maximum Gasteiger partial charge on any atom is 0.319 e. The van der Waals surface area contributed by atoms with Crippen molar-refractivity contribution >= 4 is 11.7 Å². The van der Waals surface area contributed by atoms with Crippen molar-refractivity contribution < 1.29 is 4.79 Å². The van der Waals surface area contributed by atoms with Crippen molar-refractivity contribution in [1.29, 1.82) is 0 Å². The minimum atomic E-state index is -0.236. The van der Waals surface area contributed by atoms with Gasteiger partial charge in [-0.3, -0.25) is 0 Å². The Bertz CT molecular complexity index is 832. The maximum absolute atomic E-state index is 12.2. The topological polar surface area (TPSA) is 84.7 Å². The number of nitrogens with zero attached hydrogens (tertiary/aromatic N) is 4. The summed E-state index contributed by atoms with van der Waals surface area (Å²) in [6, 6.07) is 15.5. The number of rotatable bonds is 5. The van der Waals surface area contributed by atoms with Gasteiger partial charge in [-0.25, -0.2) is 9.48 Å². The van der Waals surface area contributed by atoms with Gasteiger partial charge in [-0.15, -0.1) is 5.10 Å². The van der Waals surface area contributed by atoms with Crippen LogP contribution in [-0.4, -0.2) is 32.8 Å². The van der Waals surface area contributed by atoms with E-state index in [1.165, 1.54) is 11.9 Å². The summed E-state index contributed by atoms with van der Waals surface area (Å²) in [4.78, 5) is 12.2. The van der Waals surface area contributed by atoms with Crippen molar-refractivity contribution in [3.8, 4) is 5.69 Å². The Labute approximate surface area is 146 Å². The fraction of sp³-hybridized carbons (Fsp3) is 0.222. The Morgan fingerprint density at radius 2 is 2.00 bits per heavy atom. The average molecular weight is 336 g/mol. The largest absolute Gasteiger partial charge is 0.337 e. The van der Waals surface area contributed by atoms with Crippen molar-refractivity contribution in [2.75, 3.05) is 11.9 Å². The van der Waals surface area contributed by atoms with Gasteiger partial charge in [0.25, 0.3) is 0 Å². The van der Waals surface area contributed by atoms with Crippen LogP contribution in [0.25, 0.3) is 5.69 Å². The molecule has 0 radical (unpaired) electrons. The Morgan fingerprint density at radius 1 is 1.20 bits per heavy atom. The van der Waals surface area contributed by atoms with Crippen molar-refractivity contribution in [2.24, 2.45) is 0 Å². The van der Waals surface area contributed by atoms with Crippen LogP contribution in [0.4, 0.5) is 10.5 Å². The van der Waals surface area contributed by atoms with Crippen LogP contribution in [0, 0.1) is 6.92 Å². The molecular weight excluding hydrogens is 316 g/mol. The minimum Gasteiger partial charge on any atom is -0.337 e. The fourth-order valence-corrected chi connectivity index (χ4v) is 2.48. The zero-order valence-corrected chi connectivity index (χ0v) is 14.2. The normalized spacial score (nSPS) is 11.8. The van der Waals surface area contributed by atoms with Gasteiger partial charge in [0.1, 0.15) is 6.33 Å². The molecule has 1 heterocycles. The standard InChI is InChI=1S/C18H20N6O/c1-13-8-9-16(24-12-20-22-23-24)10-17(13)21-18(25)19-11-14(2)15-6-4-3-5-7-15/h3-10,12,14H,11H2,1-2H3,(H2,19,21,25)/t14-/m1/s1. The van der Waals surface area contributed by atoms with E-state index < -0.39 is 0 Å². The van der Waals surface area contributed by atoms with E-state index in [-0.39, 0.29) is 11.9 Å². The number of benzene rings is 2. The lowest BCUT2D eigenvalue weighted by Gasteiger charge is -2.15. The average Bonchev–Trinajstić information content (AvgIpc) is 3.17. The molecule has 0 saturated carbocycles. The van der Waals surface area contributed by atoms with Crippen LogP contribution in [-0.2, 0) is 0 Å². The molecule has 128 valence electrons. The molecule has 7 nitrogen and oxygen atoms in total. The maximum atomic E-state index is 12.2. The molecule has 1 atom stereocenters. The number of urea groups is 1. The SMILES string of the molecule is Cc1ccc(-n2cnnn2)cc1NC(=O)NC[C@@H](C)c1ccccc1. The highest BCUT2D eigenvalue weighted by atomic mass is 16.2. The molecule has 0 unspecified atom stereocenters. The second-order valence-electron chi connectivity index (χ2n) is 5.90. The number of carbonyl (C=O) groups excluding carboxylic acids is 1. The lowest BCUT2D eigenvalue weighted by atomic mass is 10.0. The zero-order chi connectivity index (χ0) is 17.6. The molecule has 0 spiro atoms. The fourth-order valence-electron chi connectivity index (χ4n) is 2.48. The number of anilines is 1. The number of nitrogens with one attached hydrogen (secondary N) is 2. The van der Waals surface area contributed by atoms with Gasteiger partial charge in [-0.1, -0.05) is 43.3 Å². The van der Waals surface area contributed by atoms with Crippen molar-refractivity contribution in [2.45, 2.75) is 19.8 Å². The number of aromatic nitrogens is 4. The van der Waals surface area contributed by atoms with Crippen LogP contribution in [0.15, 0.2) is 54.9 Å². The number of hydrogen-bond acceptors (Lipinski definition) is 4. The molecule has 0 aliphatic rings. The Kier molecular flexibility index (Phi) is 5.03. The second kappa shape index (κ2) is 7.57. The van der Waals surface area contributed by atoms with Crippen molar-refractivity contribution in [1.82, 2.24) is 25.5 Å². The molecule has 2 amide bonds. The molecule has 7 heteroatoms. The number of tetrazole rings is 1. The van der Waals surface area contributed by atoms with Gasteiger partial charge in [0, 0.05) is 12.2 Å². The van der Waals surface area contributed by atoms with E-state index in [4.69, 9.17) is 0 Å². The molecule has 3 rings (SSSR count). The number of amides is 2. The van der Waals surface area contributed by atoms with Gasteiger partial charge in [-0.05, 0) is 46.5 Å². The molecular formula is C18H20N6O. The van der Waals surface area contributed by atoms with Crippen LogP contribution in [0.3, 0.4) is 0 Å². The summed E-state index contributed by atoms with van der Waals surface area (Å²) in [5.41, 5.74) is 3.66. The summed E-state index contributed by atoms with van der Waals surface area (Å²) in [5.74, 6) is 0.237. The van der Waals surface area contributed by atoms with Gasteiger partial charge in [0.2, 0.25) is 0 Å². The zero-order valence-electron chi connectivity index (χ0n) is 14.2. The Morgan fingerprint density at radius 3 is 2.72 bits per heavy atom. The Balaban J connectivity index is 1.62. The smallest absolute Gasteiger partial charge is 0.319 e. The number of carbonyl (C=O) groups is 1. The van der Waals surface area contributed by atoms with E-state index >= 15 is 0 Å². The second-order valence-corrected chi connectivity index (χ2v) is 5.90. The minimum absolute atomic E-state index is 0.236. The molecule has 0 bridgehead atoms. The van der Waals surface area contributed by atoms with Crippen LogP contribution < -0.4 is 10.6 Å². The van der Waals surface area contributed by atoms with Gasteiger partial charge < -0.3 is 10.6 Å². The van der Waals surface area contributed by atoms with E-state index in [1.807, 2.05) is 43.3 Å². The summed E-state index contributed by atoms with van der Waals surface area (Å²) in [6.07, 6.45) is 1.51. The number of hydrogen-bond donors (Lipinski definition) is 2. The molecule has 0 aliphatic carbocycles. The first-order valence-electron chi connectivity index (χ1n) is 8.07. The third-order valence-electron chi connectivity index (χ3n) is 4.02. The summed E-state index contributed by atoms with van der Waals surface area (Å²) in [7, 11) is 0. The van der Waals surface area contributed by atoms with Gasteiger partial charge >= 0.3 is 6.03 Å². The van der Waals surface area contributed by atoms with E-state index in [2.05, 4.69) is 45.2 Å². The van der Waals surface area contributed by atoms with Crippen molar-refractivity contribution in [3.63, 3.8) is 0 Å². The molecule has 2 aromatic carbocycles. The monoisotopic (exact) mass is 336 g/mol. The van der Waals surface area contributed by atoms with E-state index in [1.54, 1.807) is 4.68 Å². The summed E-state index contributed by atoms with van der Waals surface area (Å²) >= 11 is 0. The molecule has 0 fully saturated rings. The lowest BCUT2D eigenvalue weighted by molar-refractivity contribution is 0.251. The van der Waals surface area contributed by atoms with E-state index in [9.17, 15) is 4.79 Å². The third-order valence-corrected chi connectivity index (χ3v) is 4.02. The van der Waals surface area contributed by atoms with Gasteiger partial charge in [0.15, 0.2) is 0 Å². The molecule has 1 aromatic heterocycles. The van der Waals surface area contributed by atoms with Crippen LogP contribution in [0.1, 0.15) is 24.0 Å². The molecule has 0 aliphatic heterocycles. The lowest BCUT2D eigenvalue weighted by Crippen LogP contribution is -2.32. The molecule has 0 saturated heterocycles. The summed E-state index contributed by atoms with van der Waals surface area (Å²) < 4.78 is 1.54. The highest BCUT2D eigenvalue weighted by Gasteiger charge is 2.10. The predicted molar refractivity (Wildman–Crippen MR) is 95.8 cm³/mol. The van der Waals surface area contributed by atoms with Crippen molar-refractivity contribution in [3.05, 3.63) is 66.0 Å². The van der Waals surface area contributed by atoms with Crippen LogP contribution >= 0.6 is 0 Å². The molecule has 3 aromatic rings. The first-order valence-corrected chi connectivity index (χ1v) is 8.07. The molecule has 25 heavy (non-hydrogen) atoms. The first-order chi connectivity index (χ1) is 12.1. The van der Waals surface area contributed by atoms with Crippen LogP contribution in [0.2, 0.25) is 0 Å². The van der Waals surface area contributed by atoms with Gasteiger partial charge in [-0.2, -0.15) is 0 Å². The van der Waals surface area contributed by atoms with E-state index in [0.717, 1.165) is 16.9 Å². The third kappa shape index (κ3) is 4.20. The van der Waals surface area contributed by atoms with E-state index in [0.29, 0.717) is 6.54 Å². The highest BCUT2D eigenvalue weighted by Crippen LogP contribution is 2.19. The number of aryl methyl sites for hydroxylation is 1. The van der Waals surface area contributed by atoms with Crippen LogP contribution in [0.5, 0.6) is 0 Å². The quantitative estimate of drug-likeness (QED) is 0.750. The first kappa shape index (κ1) is 16.6. The summed E-state index contributed by atoms with van der Waals surface area (Å²) in [5, 5.41) is 16.9. The predicted octanol–water partition coefficient (Wildman–Crippen LogP) is 2.90. The Hall–Kier alpha value is -3.22. The van der Waals surface area contributed by atoms with Gasteiger partial charge in [0.05, 0.1) is 5.69 Å².